The minimum atomic E-state index is -1.16. The zero-order valence-electron chi connectivity index (χ0n) is 70.0. The molecule has 4 saturated carbocycles. The molecule has 9 N–H and O–H groups in total. The number of nitrogens with one attached hydrogen (secondary N) is 8. The summed E-state index contributed by atoms with van der Waals surface area (Å²) in [5, 5.41) is 72.6. The number of thiazole rings is 4. The second kappa shape index (κ2) is 41.9. The quantitative estimate of drug-likeness (QED) is 0.0162. The van der Waals surface area contributed by atoms with Crippen molar-refractivity contribution in [3.05, 3.63) is 215 Å². The smallest absolute Gasteiger partial charge is 0.290 e. The molecule has 16 aromatic heterocycles. The first-order valence-electron chi connectivity index (χ1n) is 41.2. The van der Waals surface area contributed by atoms with Crippen molar-refractivity contribution >= 4 is 98.2 Å². The number of halogens is 4. The van der Waals surface area contributed by atoms with E-state index in [4.69, 9.17) is 28.8 Å². The molecule has 3 atom stereocenters. The number of carboxylic acid groups (broad SMARTS) is 1. The summed E-state index contributed by atoms with van der Waals surface area (Å²) < 4.78 is 86.0. The zero-order valence-corrected chi connectivity index (χ0v) is 73.3. The monoisotopic (exact) mass is 1860 g/mol. The van der Waals surface area contributed by atoms with Crippen molar-refractivity contribution in [3.63, 3.8) is 0 Å². The van der Waals surface area contributed by atoms with E-state index in [0.717, 1.165) is 60.8 Å². The molecule has 0 bridgehead atoms. The lowest BCUT2D eigenvalue weighted by Crippen LogP contribution is -2.46. The number of rotatable bonds is 28. The number of H-pyrrole nitrogens is 4. The number of aromatic nitrogens is 24. The van der Waals surface area contributed by atoms with Gasteiger partial charge in [0.15, 0.2) is 5.82 Å². The fourth-order valence-electron chi connectivity index (χ4n) is 14.4. The minimum absolute atomic E-state index is 0.0830. The van der Waals surface area contributed by atoms with Gasteiger partial charge in [-0.05, 0) is 103 Å². The van der Waals surface area contributed by atoms with Crippen molar-refractivity contribution in [3.8, 4) is 87.8 Å². The maximum absolute atomic E-state index is 14.6. The van der Waals surface area contributed by atoms with Gasteiger partial charge < -0.3 is 45.3 Å². The summed E-state index contributed by atoms with van der Waals surface area (Å²) in [6, 6.07) is 13.3. The minimum Gasteiger partial charge on any atom is -0.483 e. The third-order valence-electron chi connectivity index (χ3n) is 21.1. The van der Waals surface area contributed by atoms with Gasteiger partial charge in [0.2, 0.25) is 0 Å². The van der Waals surface area contributed by atoms with Crippen molar-refractivity contribution in [2.45, 2.75) is 127 Å². The molecule has 131 heavy (non-hydrogen) atoms. The van der Waals surface area contributed by atoms with Gasteiger partial charge in [0.1, 0.15) is 89.1 Å². The molecule has 46 heteroatoms. The summed E-state index contributed by atoms with van der Waals surface area (Å²) in [5.41, 5.74) is 8.93. The second-order valence-corrected chi connectivity index (χ2v) is 33.1. The SMILES string of the molecule is CCOC1CC(n2cc(NC(=O)c3csc(-c4cn[nH]c4)n3)c(-c3cc(F)ccn3)n2)C1.CCOC1CC(n2cc(NC(=O)c3csc(-c4cn[nH]c4)n3)c(-c3cc(F)ccn3)n2)C1.CCOC1CC(n2cc(NC(=O)c3csc(-c4cn[nH]c4)n3)c(-c3ncccc3F)n2)C1.CCO[C@@H]1C[C@H](n2cc(NC(=O)c3csc(-c4cn[nH]c4)n3)c(-c3ccccn3)n2)C1F.O=CO. The van der Waals surface area contributed by atoms with Crippen LogP contribution in [0.1, 0.15) is 139 Å². The van der Waals surface area contributed by atoms with Gasteiger partial charge in [-0.2, -0.15) is 40.8 Å². The van der Waals surface area contributed by atoms with E-state index in [0.29, 0.717) is 110 Å². The number of carbonyl (C=O) groups is 5. The van der Waals surface area contributed by atoms with Gasteiger partial charge in [0, 0.05) is 163 Å². The Labute approximate surface area is 757 Å². The van der Waals surface area contributed by atoms with Crippen LogP contribution >= 0.6 is 45.3 Å². The summed E-state index contributed by atoms with van der Waals surface area (Å²) in [7, 11) is 0. The fourth-order valence-corrected chi connectivity index (χ4v) is 17.5. The molecule has 0 aromatic carbocycles. The molecule has 0 radical (unpaired) electrons. The highest BCUT2D eigenvalue weighted by Crippen LogP contribution is 2.43. The van der Waals surface area contributed by atoms with E-state index in [1.165, 1.54) is 100 Å². The Morgan fingerprint density at radius 1 is 0.435 bits per heavy atom. The van der Waals surface area contributed by atoms with Gasteiger partial charge in [-0.15, -0.1) is 45.3 Å². The van der Waals surface area contributed by atoms with E-state index < -0.39 is 41.7 Å². The van der Waals surface area contributed by atoms with Crippen LogP contribution in [0.4, 0.5) is 40.3 Å². The van der Waals surface area contributed by atoms with Crippen LogP contribution < -0.4 is 21.3 Å². The summed E-state index contributed by atoms with van der Waals surface area (Å²) >= 11 is 5.38. The average Bonchev–Trinajstić information content (AvgIpc) is 1.84. The predicted molar refractivity (Wildman–Crippen MR) is 476 cm³/mol. The van der Waals surface area contributed by atoms with Crippen LogP contribution in [0.25, 0.3) is 87.8 Å². The summed E-state index contributed by atoms with van der Waals surface area (Å²) in [6.07, 6.45) is 30.7. The van der Waals surface area contributed by atoms with Gasteiger partial charge in [0.25, 0.3) is 30.1 Å². The fraction of sp³-hybridized carbons (Fsp3) is 0.282. The Morgan fingerprint density at radius 2 is 0.779 bits per heavy atom. The number of nitrogens with zero attached hydrogens (tertiary/aromatic N) is 20. The van der Waals surface area contributed by atoms with Crippen LogP contribution in [-0.4, -0.2) is 212 Å². The first-order chi connectivity index (χ1) is 63.9. The second-order valence-electron chi connectivity index (χ2n) is 29.6. The van der Waals surface area contributed by atoms with E-state index in [9.17, 15) is 36.7 Å². The third-order valence-corrected chi connectivity index (χ3v) is 24.7. The summed E-state index contributed by atoms with van der Waals surface area (Å²) in [6.45, 7) is 9.97. The Morgan fingerprint density at radius 3 is 1.11 bits per heavy atom. The highest BCUT2D eigenvalue weighted by atomic mass is 32.1. The van der Waals surface area contributed by atoms with Gasteiger partial charge >= 0.3 is 0 Å². The molecular formula is C85H82F4N28O10S4. The number of pyridine rings is 4. The topological polar surface area (TPSA) is 480 Å². The van der Waals surface area contributed by atoms with Gasteiger partial charge in [-0.3, -0.25) is 83.0 Å². The zero-order chi connectivity index (χ0) is 91.0. The number of carbonyl (C=O) groups excluding carboxylic acids is 4. The van der Waals surface area contributed by atoms with Gasteiger partial charge in [-0.1, -0.05) is 6.07 Å². The maximum atomic E-state index is 14.6. The largest absolute Gasteiger partial charge is 0.483 e. The molecule has 4 aliphatic rings. The lowest BCUT2D eigenvalue weighted by Gasteiger charge is -2.38. The average molecular weight is 1860 g/mol. The number of ether oxygens (including phenoxy) is 4. The Hall–Kier alpha value is -14.3. The predicted octanol–water partition coefficient (Wildman–Crippen LogP) is 15.2. The summed E-state index contributed by atoms with van der Waals surface area (Å²) in [4.78, 5) is 94.5. The van der Waals surface area contributed by atoms with Crippen LogP contribution in [0, 0.1) is 17.5 Å². The number of amides is 4. The van der Waals surface area contributed by atoms with Crippen molar-refractivity contribution in [2.24, 2.45) is 0 Å². The third kappa shape index (κ3) is 21.4. The normalized spacial score (nSPS) is 18.1. The molecule has 4 amide bonds. The molecule has 38 nitrogen and oxygen atoms in total. The Bertz CT molecular complexity index is 6310. The van der Waals surface area contributed by atoms with Crippen molar-refractivity contribution < 1.29 is 65.6 Å². The molecule has 0 aliphatic heterocycles. The highest BCUT2D eigenvalue weighted by Gasteiger charge is 2.45. The van der Waals surface area contributed by atoms with E-state index in [1.807, 2.05) is 33.8 Å². The van der Waals surface area contributed by atoms with Crippen LogP contribution in [0.15, 0.2) is 175 Å². The van der Waals surface area contributed by atoms with Crippen LogP contribution in [0.2, 0.25) is 0 Å². The van der Waals surface area contributed by atoms with Crippen molar-refractivity contribution in [1.82, 2.24) is 120 Å². The Kier molecular flexibility index (Phi) is 28.8. The molecule has 674 valence electrons. The highest BCUT2D eigenvalue weighted by molar-refractivity contribution is 7.14. The molecule has 0 spiro atoms. The van der Waals surface area contributed by atoms with E-state index in [-0.39, 0.29) is 94.8 Å². The van der Waals surface area contributed by atoms with Crippen LogP contribution in [0.3, 0.4) is 0 Å². The molecule has 20 rings (SSSR count). The molecular weight excluding hydrogens is 1780 g/mol. The Balaban J connectivity index is 0.000000126. The number of hydrogen-bond donors (Lipinski definition) is 9. The number of anilines is 4. The van der Waals surface area contributed by atoms with Gasteiger partial charge in [0.05, 0.1) is 113 Å². The first kappa shape index (κ1) is 90.1. The van der Waals surface area contributed by atoms with E-state index in [1.54, 1.807) is 133 Å². The number of hydrogen-bond acceptors (Lipinski definition) is 29. The van der Waals surface area contributed by atoms with Crippen molar-refractivity contribution in [2.75, 3.05) is 47.7 Å². The lowest BCUT2D eigenvalue weighted by atomic mass is 9.87. The van der Waals surface area contributed by atoms with Gasteiger partial charge in [-0.25, -0.2) is 37.5 Å². The molecule has 16 heterocycles. The maximum Gasteiger partial charge on any atom is 0.290 e. The number of alkyl halides is 1. The lowest BCUT2D eigenvalue weighted by molar-refractivity contribution is -0.122. The molecule has 4 fully saturated rings. The van der Waals surface area contributed by atoms with Crippen LogP contribution in [-0.2, 0) is 23.7 Å². The molecule has 16 aromatic rings. The number of aromatic amines is 4. The van der Waals surface area contributed by atoms with Crippen molar-refractivity contribution in [1.29, 1.82) is 0 Å². The van der Waals surface area contributed by atoms with E-state index >= 15 is 0 Å². The molecule has 1 unspecified atom stereocenters. The first-order valence-corrected chi connectivity index (χ1v) is 44.8. The standard InChI is InChI=1S/4C21H20FN7O2S.CH2O2/c2*1-2-31-15-6-14(7-15)29-10-17(19(28-29)16-5-13(22)3-4-23-16)26-20(30)18-11-32-21(27-18)12-8-24-25-9-12;1-2-31-14-6-13(7-14)29-10-16(19(28-29)18-15(22)4-3-5-23-18)26-20(30)17-11-32-21(27-17)12-8-24-25-9-12;1-2-31-17-7-16(18(17)22)29-10-14(19(28-29)13-5-3-4-6-23-13)26-20(30)15-11-32-21(27-15)12-8-24-25-9-12;2-1-3/h2*3-5,8-11,14-15H,2,6-7H2,1H3,(H,24,25)(H,26,30);3-5,8-11,13-14H,2,6-7H2,1H3,(H,24,25)(H,26,30);3-6,8-11,16-18H,2,7H2,1H3,(H,24,25)(H,26,30);1H,(H,2,3)/t;;;16-,17+,18?;/m...0./s1. The van der Waals surface area contributed by atoms with E-state index in [2.05, 4.69) is 122 Å². The summed E-state index contributed by atoms with van der Waals surface area (Å²) in [5.74, 6) is -2.91. The van der Waals surface area contributed by atoms with Crippen LogP contribution in [0.5, 0.6) is 0 Å². The molecule has 4 aliphatic carbocycles. The molecule has 0 saturated heterocycles.